The number of aromatic nitrogens is 1. The number of nitrogens with zero attached hydrogens (tertiary/aromatic N) is 1. The van der Waals surface area contributed by atoms with E-state index in [4.69, 9.17) is 15.3 Å². The van der Waals surface area contributed by atoms with Crippen LogP contribution in [0.3, 0.4) is 0 Å². The molecule has 1 aromatic heterocycles. The summed E-state index contributed by atoms with van der Waals surface area (Å²) in [6, 6.07) is 7.87. The Kier molecular flexibility index (Phi) is 3.71. The Labute approximate surface area is 118 Å². The first-order chi connectivity index (χ1) is 9.80. The number of hydrogen-bond donors (Lipinski definition) is 2. The van der Waals surface area contributed by atoms with E-state index in [1.807, 2.05) is 18.2 Å². The van der Waals surface area contributed by atoms with Gasteiger partial charge in [0.1, 0.15) is 11.6 Å². The number of fused-ring (bicyclic) bond motifs is 1. The van der Waals surface area contributed by atoms with Crippen molar-refractivity contribution in [2.24, 2.45) is 11.8 Å². The topological polar surface area (TPSA) is 69.4 Å². The van der Waals surface area contributed by atoms with Crippen molar-refractivity contribution in [1.82, 2.24) is 4.98 Å². The molecule has 1 heterocycles. The zero-order chi connectivity index (χ0) is 13.9. The normalized spacial score (nSPS) is 14.5. The Morgan fingerprint density at radius 2 is 2.20 bits per heavy atom. The molecule has 1 fully saturated rings. The number of nitrogens with one attached hydrogen (secondary N) is 1. The molecule has 0 atom stereocenters. The van der Waals surface area contributed by atoms with Crippen LogP contribution in [0.4, 0.5) is 5.82 Å². The highest BCUT2D eigenvalue weighted by Gasteiger charge is 2.21. The number of anilines is 1. The quantitative estimate of drug-likeness (QED) is 0.625. The van der Waals surface area contributed by atoms with Crippen molar-refractivity contribution in [3.05, 3.63) is 29.8 Å². The number of hydrazine groups is 1. The first kappa shape index (κ1) is 13.1. The Balaban J connectivity index is 1.85. The van der Waals surface area contributed by atoms with Crippen LogP contribution in [0.25, 0.3) is 10.9 Å². The standard InChI is InChI=1S/C15H19N3O2/c1-19-13-5-4-11-6-12(9-20-8-10-2-3-10)15(18-16)17-14(11)7-13/h4-7,10H,2-3,8-9,16H2,1H3,(H,17,18). The van der Waals surface area contributed by atoms with Crippen LogP contribution in [0.5, 0.6) is 5.75 Å². The largest absolute Gasteiger partial charge is 0.497 e. The average molecular weight is 273 g/mol. The maximum absolute atomic E-state index is 5.72. The second kappa shape index (κ2) is 5.64. The summed E-state index contributed by atoms with van der Waals surface area (Å²) in [4.78, 5) is 4.52. The molecular formula is C15H19N3O2. The molecule has 5 nitrogen and oxygen atoms in total. The van der Waals surface area contributed by atoms with Crippen LogP contribution in [0, 0.1) is 5.92 Å². The summed E-state index contributed by atoms with van der Waals surface area (Å²) < 4.78 is 10.9. The van der Waals surface area contributed by atoms with Crippen LogP contribution >= 0.6 is 0 Å². The third-order valence-electron chi connectivity index (χ3n) is 3.55. The van der Waals surface area contributed by atoms with Gasteiger partial charge in [0.15, 0.2) is 0 Å². The van der Waals surface area contributed by atoms with Crippen molar-refractivity contribution >= 4 is 16.7 Å². The van der Waals surface area contributed by atoms with E-state index in [-0.39, 0.29) is 0 Å². The monoisotopic (exact) mass is 273 g/mol. The Hall–Kier alpha value is -1.85. The summed E-state index contributed by atoms with van der Waals surface area (Å²) in [6.07, 6.45) is 2.58. The summed E-state index contributed by atoms with van der Waals surface area (Å²) in [5.74, 6) is 7.75. The molecule has 0 spiro atoms. The summed E-state index contributed by atoms with van der Waals surface area (Å²) >= 11 is 0. The van der Waals surface area contributed by atoms with Crippen molar-refractivity contribution in [1.29, 1.82) is 0 Å². The van der Waals surface area contributed by atoms with Gasteiger partial charge in [0, 0.05) is 23.6 Å². The molecule has 1 aliphatic carbocycles. The van der Waals surface area contributed by atoms with Crippen molar-refractivity contribution in [2.45, 2.75) is 19.4 Å². The Morgan fingerprint density at radius 3 is 2.90 bits per heavy atom. The molecule has 106 valence electrons. The summed E-state index contributed by atoms with van der Waals surface area (Å²) in [5, 5.41) is 1.05. The minimum absolute atomic E-state index is 0.533. The smallest absolute Gasteiger partial charge is 0.146 e. The van der Waals surface area contributed by atoms with Crippen molar-refractivity contribution in [3.63, 3.8) is 0 Å². The first-order valence-electron chi connectivity index (χ1n) is 6.82. The fraction of sp³-hybridized carbons (Fsp3) is 0.400. The maximum atomic E-state index is 5.72. The molecule has 1 aliphatic rings. The number of nitrogens with two attached hydrogens (primary N) is 1. The molecule has 0 unspecified atom stereocenters. The summed E-state index contributed by atoms with van der Waals surface area (Å²) in [5.41, 5.74) is 4.47. The van der Waals surface area contributed by atoms with Gasteiger partial charge < -0.3 is 14.9 Å². The maximum Gasteiger partial charge on any atom is 0.146 e. The molecule has 3 N–H and O–H groups in total. The molecule has 1 saturated carbocycles. The molecule has 5 heteroatoms. The second-order valence-corrected chi connectivity index (χ2v) is 5.16. The van der Waals surface area contributed by atoms with Gasteiger partial charge in [-0.05, 0) is 37.0 Å². The fourth-order valence-electron chi connectivity index (χ4n) is 2.17. The van der Waals surface area contributed by atoms with E-state index in [9.17, 15) is 0 Å². The van der Waals surface area contributed by atoms with Gasteiger partial charge >= 0.3 is 0 Å². The van der Waals surface area contributed by atoms with Crippen LogP contribution in [-0.2, 0) is 11.3 Å². The number of methoxy groups -OCH3 is 1. The molecule has 0 amide bonds. The first-order valence-corrected chi connectivity index (χ1v) is 6.82. The number of ether oxygens (including phenoxy) is 2. The summed E-state index contributed by atoms with van der Waals surface area (Å²) in [6.45, 7) is 1.36. The second-order valence-electron chi connectivity index (χ2n) is 5.16. The van der Waals surface area contributed by atoms with Gasteiger partial charge in [-0.1, -0.05) is 0 Å². The van der Waals surface area contributed by atoms with Gasteiger partial charge in [-0.25, -0.2) is 10.8 Å². The molecule has 20 heavy (non-hydrogen) atoms. The van der Waals surface area contributed by atoms with E-state index >= 15 is 0 Å². The zero-order valence-electron chi connectivity index (χ0n) is 11.6. The van der Waals surface area contributed by atoms with Crippen LogP contribution < -0.4 is 16.0 Å². The number of nitrogen functional groups attached to an aromatic ring is 1. The van der Waals surface area contributed by atoms with Crippen molar-refractivity contribution in [3.8, 4) is 5.75 Å². The Morgan fingerprint density at radius 1 is 1.35 bits per heavy atom. The van der Waals surface area contributed by atoms with Crippen molar-refractivity contribution < 1.29 is 9.47 Å². The number of rotatable bonds is 6. The minimum Gasteiger partial charge on any atom is -0.497 e. The molecule has 2 aromatic rings. The van der Waals surface area contributed by atoms with E-state index < -0.39 is 0 Å². The third kappa shape index (κ3) is 2.84. The fourth-order valence-corrected chi connectivity index (χ4v) is 2.17. The highest BCUT2D eigenvalue weighted by molar-refractivity contribution is 5.83. The minimum atomic E-state index is 0.533. The van der Waals surface area contributed by atoms with Crippen LogP contribution in [0.1, 0.15) is 18.4 Å². The zero-order valence-corrected chi connectivity index (χ0v) is 11.6. The lowest BCUT2D eigenvalue weighted by Gasteiger charge is -2.11. The predicted octanol–water partition coefficient (Wildman–Crippen LogP) is 2.46. The Bertz CT molecular complexity index is 611. The number of hydrogen-bond acceptors (Lipinski definition) is 5. The lowest BCUT2D eigenvalue weighted by molar-refractivity contribution is 0.111. The van der Waals surface area contributed by atoms with Gasteiger partial charge in [-0.15, -0.1) is 0 Å². The number of pyridine rings is 1. The van der Waals surface area contributed by atoms with Gasteiger partial charge in [0.25, 0.3) is 0 Å². The van der Waals surface area contributed by atoms with Gasteiger partial charge in [0.05, 0.1) is 19.2 Å². The molecule has 0 bridgehead atoms. The van der Waals surface area contributed by atoms with Crippen LogP contribution in [0.2, 0.25) is 0 Å². The van der Waals surface area contributed by atoms with Gasteiger partial charge in [-0.2, -0.15) is 0 Å². The van der Waals surface area contributed by atoms with Crippen LogP contribution in [0.15, 0.2) is 24.3 Å². The molecular weight excluding hydrogens is 254 g/mol. The van der Waals surface area contributed by atoms with E-state index in [1.54, 1.807) is 7.11 Å². The van der Waals surface area contributed by atoms with E-state index in [0.29, 0.717) is 12.4 Å². The summed E-state index contributed by atoms with van der Waals surface area (Å²) in [7, 11) is 1.64. The highest BCUT2D eigenvalue weighted by atomic mass is 16.5. The molecule has 0 saturated heterocycles. The highest BCUT2D eigenvalue weighted by Crippen LogP contribution is 2.30. The molecule has 0 radical (unpaired) electrons. The van der Waals surface area contributed by atoms with E-state index in [0.717, 1.165) is 34.7 Å². The van der Waals surface area contributed by atoms with E-state index in [2.05, 4.69) is 16.5 Å². The predicted molar refractivity (Wildman–Crippen MR) is 78.5 cm³/mol. The average Bonchev–Trinajstić information content (AvgIpc) is 3.30. The number of benzene rings is 1. The molecule has 3 rings (SSSR count). The lowest BCUT2D eigenvalue weighted by Crippen LogP contribution is -2.12. The van der Waals surface area contributed by atoms with Crippen LogP contribution in [-0.4, -0.2) is 18.7 Å². The van der Waals surface area contributed by atoms with Gasteiger partial charge in [0.2, 0.25) is 0 Å². The molecule has 1 aromatic carbocycles. The lowest BCUT2D eigenvalue weighted by atomic mass is 10.1. The SMILES string of the molecule is COc1ccc2cc(COCC3CC3)c(NN)nc2c1. The van der Waals surface area contributed by atoms with E-state index in [1.165, 1.54) is 12.8 Å². The van der Waals surface area contributed by atoms with Crippen molar-refractivity contribution in [2.75, 3.05) is 19.1 Å². The third-order valence-corrected chi connectivity index (χ3v) is 3.55. The van der Waals surface area contributed by atoms with Gasteiger partial charge in [-0.3, -0.25) is 0 Å². The molecule has 0 aliphatic heterocycles.